The fourth-order valence-corrected chi connectivity index (χ4v) is 3.39. The van der Waals surface area contributed by atoms with Gasteiger partial charge in [-0.1, -0.05) is 36.4 Å². The fourth-order valence-electron chi connectivity index (χ4n) is 3.39. The molecule has 2 heterocycles. The van der Waals surface area contributed by atoms with Crippen LogP contribution in [-0.4, -0.2) is 22.0 Å². The van der Waals surface area contributed by atoms with Gasteiger partial charge in [-0.15, -0.1) is 0 Å². The number of para-hydroxylation sites is 1. The van der Waals surface area contributed by atoms with Crippen molar-refractivity contribution in [1.29, 1.82) is 5.26 Å². The predicted octanol–water partition coefficient (Wildman–Crippen LogP) is 3.93. The molecule has 0 radical (unpaired) electrons. The molecule has 1 N–H and O–H groups in total. The van der Waals surface area contributed by atoms with E-state index in [-0.39, 0.29) is 5.91 Å². The molecule has 5 nitrogen and oxygen atoms in total. The molecule has 4 aromatic rings. The molecule has 2 aromatic carbocycles. The number of rotatable bonds is 6. The second kappa shape index (κ2) is 8.41. The van der Waals surface area contributed by atoms with Crippen molar-refractivity contribution in [3.05, 3.63) is 102 Å². The summed E-state index contributed by atoms with van der Waals surface area (Å²) < 4.78 is 2.07. The van der Waals surface area contributed by atoms with Gasteiger partial charge >= 0.3 is 0 Å². The summed E-state index contributed by atoms with van der Waals surface area (Å²) in [5.74, 6) is -0.0873. The highest BCUT2D eigenvalue weighted by Gasteiger charge is 2.15. The number of carbonyl (C=O) groups is 1. The third-order valence-electron chi connectivity index (χ3n) is 4.86. The maximum atomic E-state index is 12.8. The zero-order valence-electron chi connectivity index (χ0n) is 15.9. The van der Waals surface area contributed by atoms with E-state index in [0.29, 0.717) is 30.6 Å². The van der Waals surface area contributed by atoms with Crippen LogP contribution in [0.3, 0.4) is 0 Å². The summed E-state index contributed by atoms with van der Waals surface area (Å²) in [5, 5.41) is 12.9. The molecule has 0 spiro atoms. The summed E-state index contributed by atoms with van der Waals surface area (Å²) in [6, 6.07) is 23.3. The quantitative estimate of drug-likeness (QED) is 0.551. The molecule has 0 unspecified atom stereocenters. The Bertz CT molecular complexity index is 1170. The van der Waals surface area contributed by atoms with Crippen molar-refractivity contribution < 1.29 is 4.79 Å². The molecule has 5 heteroatoms. The number of nitriles is 1. The van der Waals surface area contributed by atoms with Crippen molar-refractivity contribution in [3.63, 3.8) is 0 Å². The highest BCUT2D eigenvalue weighted by atomic mass is 16.1. The summed E-state index contributed by atoms with van der Waals surface area (Å²) in [6.07, 6.45) is 4.35. The molecule has 29 heavy (non-hydrogen) atoms. The van der Waals surface area contributed by atoms with Crippen LogP contribution < -0.4 is 5.32 Å². The molecule has 0 saturated heterocycles. The van der Waals surface area contributed by atoms with Gasteiger partial charge < -0.3 is 9.88 Å². The molecule has 0 aliphatic rings. The van der Waals surface area contributed by atoms with Gasteiger partial charge in [-0.25, -0.2) is 0 Å². The van der Waals surface area contributed by atoms with Crippen LogP contribution in [0, 0.1) is 11.3 Å². The predicted molar refractivity (Wildman–Crippen MR) is 112 cm³/mol. The topological polar surface area (TPSA) is 70.7 Å². The normalized spacial score (nSPS) is 10.6. The summed E-state index contributed by atoms with van der Waals surface area (Å²) in [6.45, 7) is 1.17. The first-order valence-electron chi connectivity index (χ1n) is 9.49. The average Bonchev–Trinajstić information content (AvgIpc) is 3.14. The molecule has 4 rings (SSSR count). The minimum atomic E-state index is -0.0873. The zero-order chi connectivity index (χ0) is 20.1. The van der Waals surface area contributed by atoms with Gasteiger partial charge in [0.1, 0.15) is 0 Å². The van der Waals surface area contributed by atoms with Gasteiger partial charge in [-0.05, 0) is 35.9 Å². The lowest BCUT2D eigenvalue weighted by atomic mass is 10.1. The molecule has 0 saturated carbocycles. The smallest absolute Gasteiger partial charge is 0.253 e. The van der Waals surface area contributed by atoms with Crippen LogP contribution in [0.4, 0.5) is 0 Å². The lowest BCUT2D eigenvalue weighted by molar-refractivity contribution is 0.0955. The third-order valence-corrected chi connectivity index (χ3v) is 4.86. The van der Waals surface area contributed by atoms with E-state index in [1.165, 1.54) is 0 Å². The van der Waals surface area contributed by atoms with Crippen LogP contribution in [0.25, 0.3) is 10.9 Å². The van der Waals surface area contributed by atoms with E-state index >= 15 is 0 Å². The van der Waals surface area contributed by atoms with Gasteiger partial charge in [0, 0.05) is 48.5 Å². The van der Waals surface area contributed by atoms with Crippen molar-refractivity contribution in [2.45, 2.75) is 13.0 Å². The van der Waals surface area contributed by atoms with E-state index in [0.717, 1.165) is 22.2 Å². The second-order valence-electron chi connectivity index (χ2n) is 6.82. The zero-order valence-corrected chi connectivity index (χ0v) is 15.9. The van der Waals surface area contributed by atoms with Crippen LogP contribution in [0.1, 0.15) is 27.2 Å². The van der Waals surface area contributed by atoms with Crippen molar-refractivity contribution in [3.8, 4) is 6.07 Å². The van der Waals surface area contributed by atoms with Gasteiger partial charge in [-0.3, -0.25) is 9.78 Å². The molecule has 0 fully saturated rings. The Labute approximate surface area is 169 Å². The summed E-state index contributed by atoms with van der Waals surface area (Å²) in [5.41, 5.74) is 4.34. The summed E-state index contributed by atoms with van der Waals surface area (Å²) >= 11 is 0. The van der Waals surface area contributed by atoms with Gasteiger partial charge in [0.25, 0.3) is 5.91 Å². The molecule has 0 aliphatic heterocycles. The van der Waals surface area contributed by atoms with E-state index in [1.54, 1.807) is 6.20 Å². The number of hydrogen-bond donors (Lipinski definition) is 1. The third kappa shape index (κ3) is 4.17. The van der Waals surface area contributed by atoms with Gasteiger partial charge in [0.15, 0.2) is 0 Å². The molecule has 0 bridgehead atoms. The number of nitrogens with one attached hydrogen (secondary N) is 1. The number of benzene rings is 2. The number of hydrogen-bond acceptors (Lipinski definition) is 3. The molecular formula is C24H20N4O. The monoisotopic (exact) mass is 380 g/mol. The molecular weight excluding hydrogens is 360 g/mol. The second-order valence-corrected chi connectivity index (χ2v) is 6.82. The highest BCUT2D eigenvalue weighted by Crippen LogP contribution is 2.22. The molecule has 2 aromatic heterocycles. The van der Waals surface area contributed by atoms with Crippen molar-refractivity contribution >= 4 is 16.8 Å². The Kier molecular flexibility index (Phi) is 5.35. The molecule has 1 amide bonds. The van der Waals surface area contributed by atoms with Crippen LogP contribution in [0.5, 0.6) is 0 Å². The van der Waals surface area contributed by atoms with E-state index in [4.69, 9.17) is 5.26 Å². The largest absolute Gasteiger partial charge is 0.352 e. The van der Waals surface area contributed by atoms with E-state index in [9.17, 15) is 4.79 Å². The first-order chi connectivity index (χ1) is 14.2. The minimum Gasteiger partial charge on any atom is -0.352 e. The first kappa shape index (κ1) is 18.5. The molecule has 142 valence electrons. The van der Waals surface area contributed by atoms with Crippen LogP contribution >= 0.6 is 0 Å². The Balaban J connectivity index is 1.53. The van der Waals surface area contributed by atoms with Crippen LogP contribution in [0.2, 0.25) is 0 Å². The van der Waals surface area contributed by atoms with Crippen LogP contribution in [-0.2, 0) is 13.0 Å². The maximum absolute atomic E-state index is 12.8. The molecule has 0 aliphatic carbocycles. The lowest BCUT2D eigenvalue weighted by Gasteiger charge is -2.05. The van der Waals surface area contributed by atoms with E-state index < -0.39 is 0 Å². The Morgan fingerprint density at radius 2 is 1.83 bits per heavy atom. The number of fused-ring (bicyclic) bond motifs is 1. The molecule has 0 atom stereocenters. The number of aromatic nitrogens is 2. The average molecular weight is 380 g/mol. The number of pyridine rings is 1. The van der Waals surface area contributed by atoms with Crippen LogP contribution in [0.15, 0.2) is 79.1 Å². The number of nitrogens with zero attached hydrogens (tertiary/aromatic N) is 3. The Morgan fingerprint density at radius 1 is 1.03 bits per heavy atom. The van der Waals surface area contributed by atoms with E-state index in [1.807, 2.05) is 72.9 Å². The Hall–Kier alpha value is -3.91. The van der Waals surface area contributed by atoms with Crippen molar-refractivity contribution in [2.24, 2.45) is 0 Å². The first-order valence-corrected chi connectivity index (χ1v) is 9.49. The standard InChI is InChI=1S/C24H20N4O/c25-15-18-8-10-19(11-9-18)16-28-17-22(21-6-1-2-7-23(21)28)24(29)27-14-12-20-5-3-4-13-26-20/h1-11,13,17H,12,14,16H2,(H,27,29). The lowest BCUT2D eigenvalue weighted by Crippen LogP contribution is -2.25. The van der Waals surface area contributed by atoms with E-state index in [2.05, 4.69) is 20.9 Å². The summed E-state index contributed by atoms with van der Waals surface area (Å²) in [7, 11) is 0. The maximum Gasteiger partial charge on any atom is 0.253 e. The highest BCUT2D eigenvalue weighted by molar-refractivity contribution is 6.07. The Morgan fingerprint density at radius 3 is 2.59 bits per heavy atom. The van der Waals surface area contributed by atoms with Gasteiger partial charge in [0.2, 0.25) is 0 Å². The summed E-state index contributed by atoms with van der Waals surface area (Å²) in [4.78, 5) is 17.1. The fraction of sp³-hybridized carbons (Fsp3) is 0.125. The number of carbonyl (C=O) groups excluding carboxylic acids is 1. The van der Waals surface area contributed by atoms with Gasteiger partial charge in [0.05, 0.1) is 17.2 Å². The SMILES string of the molecule is N#Cc1ccc(Cn2cc(C(=O)NCCc3ccccn3)c3ccccc32)cc1. The minimum absolute atomic E-state index is 0.0873. The van der Waals surface area contributed by atoms with Crippen molar-refractivity contribution in [1.82, 2.24) is 14.9 Å². The van der Waals surface area contributed by atoms with Gasteiger partial charge in [-0.2, -0.15) is 5.26 Å². The number of amides is 1. The van der Waals surface area contributed by atoms with Crippen molar-refractivity contribution in [2.75, 3.05) is 6.54 Å².